The number of halogens is 1. The highest BCUT2D eigenvalue weighted by Gasteiger charge is 2.39. The summed E-state index contributed by atoms with van der Waals surface area (Å²) in [6.07, 6.45) is 2.50. The van der Waals surface area contributed by atoms with E-state index in [9.17, 15) is 9.18 Å². The second-order valence-corrected chi connectivity index (χ2v) is 11.4. The van der Waals surface area contributed by atoms with Gasteiger partial charge in [0.2, 0.25) is 5.91 Å². The molecule has 4 aromatic carbocycles. The molecule has 0 N–H and O–H groups in total. The van der Waals surface area contributed by atoms with Crippen molar-refractivity contribution in [3.05, 3.63) is 141 Å². The monoisotopic (exact) mass is 532 g/mol. The quantitative estimate of drug-likeness (QED) is 0.268. The lowest BCUT2D eigenvalue weighted by Crippen LogP contribution is -2.53. The Bertz CT molecular complexity index is 1520. The fraction of sp³-hybridized carbons (Fsp3) is 0.306. The molecule has 6 rings (SSSR count). The molecule has 1 amide bonds. The highest BCUT2D eigenvalue weighted by Crippen LogP contribution is 2.39. The Morgan fingerprint density at radius 1 is 0.850 bits per heavy atom. The van der Waals surface area contributed by atoms with E-state index in [1.807, 2.05) is 17.9 Å². The zero-order valence-electron chi connectivity index (χ0n) is 23.6. The van der Waals surface area contributed by atoms with Gasteiger partial charge in [-0.1, -0.05) is 84.9 Å². The van der Waals surface area contributed by atoms with Crippen molar-refractivity contribution in [1.82, 2.24) is 9.80 Å². The minimum atomic E-state index is -0.367. The van der Waals surface area contributed by atoms with Gasteiger partial charge in [0, 0.05) is 24.7 Å². The fourth-order valence-electron chi connectivity index (χ4n) is 6.75. The third-order valence-electron chi connectivity index (χ3n) is 9.17. The number of rotatable bonds is 6. The van der Waals surface area contributed by atoms with Gasteiger partial charge < -0.3 is 4.90 Å². The van der Waals surface area contributed by atoms with Gasteiger partial charge in [0.1, 0.15) is 5.82 Å². The van der Waals surface area contributed by atoms with E-state index in [2.05, 4.69) is 85.5 Å². The number of aryl methyl sites for hydroxylation is 1. The summed E-state index contributed by atoms with van der Waals surface area (Å²) in [6.45, 7) is 7.45. The SMILES string of the molecule is Cc1cccc(C2c3ccccc3CCN2C(C)C(=O)N(Cc2ccccc2F)C2Cc3ccccc3C2)c1C. The smallest absolute Gasteiger partial charge is 0.240 e. The number of hydrogen-bond acceptors (Lipinski definition) is 2. The van der Waals surface area contributed by atoms with Gasteiger partial charge in [0.15, 0.2) is 0 Å². The first-order valence-corrected chi connectivity index (χ1v) is 14.4. The average molecular weight is 533 g/mol. The Balaban J connectivity index is 1.37. The van der Waals surface area contributed by atoms with Crippen LogP contribution in [-0.2, 0) is 30.6 Å². The average Bonchev–Trinajstić information content (AvgIpc) is 3.41. The molecule has 0 aromatic heterocycles. The highest BCUT2D eigenvalue weighted by atomic mass is 19.1. The van der Waals surface area contributed by atoms with E-state index in [0.29, 0.717) is 5.56 Å². The van der Waals surface area contributed by atoms with Gasteiger partial charge in [-0.2, -0.15) is 0 Å². The van der Waals surface area contributed by atoms with E-state index in [4.69, 9.17) is 0 Å². The molecule has 1 heterocycles. The predicted octanol–water partition coefficient (Wildman–Crippen LogP) is 6.97. The van der Waals surface area contributed by atoms with Crippen molar-refractivity contribution in [3.63, 3.8) is 0 Å². The van der Waals surface area contributed by atoms with E-state index >= 15 is 0 Å². The van der Waals surface area contributed by atoms with Crippen LogP contribution in [0.25, 0.3) is 0 Å². The lowest BCUT2D eigenvalue weighted by molar-refractivity contribution is -0.140. The molecule has 1 aliphatic carbocycles. The Kier molecular flexibility index (Phi) is 7.29. The Hall–Kier alpha value is -3.76. The van der Waals surface area contributed by atoms with Gasteiger partial charge in [0.05, 0.1) is 12.1 Å². The van der Waals surface area contributed by atoms with E-state index in [1.54, 1.807) is 12.1 Å². The van der Waals surface area contributed by atoms with Crippen LogP contribution in [0.3, 0.4) is 0 Å². The minimum Gasteiger partial charge on any atom is -0.333 e. The summed E-state index contributed by atoms with van der Waals surface area (Å²) in [5, 5.41) is 0. The molecular formula is C36H37FN2O. The zero-order chi connectivity index (χ0) is 27.8. The van der Waals surface area contributed by atoms with E-state index in [-0.39, 0.29) is 36.4 Å². The molecule has 0 bridgehead atoms. The Labute approximate surface area is 237 Å². The van der Waals surface area contributed by atoms with Crippen molar-refractivity contribution < 1.29 is 9.18 Å². The standard InChI is InChI=1S/C36H37FN2O/c1-24-11-10-17-32(25(24)2)35-33-16-8-6-12-27(33)19-20-38(35)26(3)36(40)39(23-30-15-7-9-18-34(30)37)31-21-28-13-4-5-14-29(28)22-31/h4-18,26,31,35H,19-23H2,1-3H3. The van der Waals surface area contributed by atoms with E-state index in [1.165, 1.54) is 45.0 Å². The van der Waals surface area contributed by atoms with Crippen LogP contribution >= 0.6 is 0 Å². The van der Waals surface area contributed by atoms with Gasteiger partial charge in [-0.25, -0.2) is 4.39 Å². The lowest BCUT2D eigenvalue weighted by atomic mass is 9.84. The van der Waals surface area contributed by atoms with Gasteiger partial charge in [0.25, 0.3) is 0 Å². The maximum absolute atomic E-state index is 14.9. The molecule has 0 radical (unpaired) electrons. The molecule has 2 aliphatic rings. The summed E-state index contributed by atoms with van der Waals surface area (Å²) in [5.74, 6) is -0.195. The summed E-state index contributed by atoms with van der Waals surface area (Å²) in [7, 11) is 0. The summed E-state index contributed by atoms with van der Waals surface area (Å²) >= 11 is 0. The van der Waals surface area contributed by atoms with E-state index < -0.39 is 0 Å². The fourth-order valence-corrected chi connectivity index (χ4v) is 6.75. The van der Waals surface area contributed by atoms with Crippen LogP contribution < -0.4 is 0 Å². The van der Waals surface area contributed by atoms with Gasteiger partial charge in [-0.3, -0.25) is 9.69 Å². The van der Waals surface area contributed by atoms with Crippen molar-refractivity contribution >= 4 is 5.91 Å². The van der Waals surface area contributed by atoms with Crippen molar-refractivity contribution in [2.24, 2.45) is 0 Å². The van der Waals surface area contributed by atoms with Crippen molar-refractivity contribution in [3.8, 4) is 0 Å². The van der Waals surface area contributed by atoms with Crippen molar-refractivity contribution in [2.45, 2.75) is 64.7 Å². The molecule has 3 nitrogen and oxygen atoms in total. The molecule has 1 aliphatic heterocycles. The molecule has 0 spiro atoms. The number of carbonyl (C=O) groups excluding carboxylic acids is 1. The first-order valence-electron chi connectivity index (χ1n) is 14.4. The van der Waals surface area contributed by atoms with Crippen LogP contribution in [0, 0.1) is 19.7 Å². The molecule has 2 unspecified atom stereocenters. The van der Waals surface area contributed by atoms with Crippen molar-refractivity contribution in [2.75, 3.05) is 6.54 Å². The van der Waals surface area contributed by atoms with Crippen LogP contribution in [0.4, 0.5) is 4.39 Å². The second-order valence-electron chi connectivity index (χ2n) is 11.4. The molecule has 40 heavy (non-hydrogen) atoms. The number of hydrogen-bond donors (Lipinski definition) is 0. The van der Waals surface area contributed by atoms with Gasteiger partial charge in [-0.05, 0) is 85.0 Å². The number of amides is 1. The van der Waals surface area contributed by atoms with Gasteiger partial charge >= 0.3 is 0 Å². The summed E-state index contributed by atoms with van der Waals surface area (Å²) in [5.41, 5.74) is 9.52. The Morgan fingerprint density at radius 2 is 1.48 bits per heavy atom. The summed E-state index contributed by atoms with van der Waals surface area (Å²) in [4.78, 5) is 18.9. The first kappa shape index (κ1) is 26.5. The lowest BCUT2D eigenvalue weighted by Gasteiger charge is -2.43. The number of benzene rings is 4. The second kappa shape index (κ2) is 11.0. The maximum atomic E-state index is 14.9. The van der Waals surface area contributed by atoms with Crippen LogP contribution in [0.5, 0.6) is 0 Å². The first-order chi connectivity index (χ1) is 19.4. The molecule has 0 saturated heterocycles. The van der Waals surface area contributed by atoms with Gasteiger partial charge in [-0.15, -0.1) is 0 Å². The molecule has 204 valence electrons. The molecule has 0 fully saturated rings. The van der Waals surface area contributed by atoms with Crippen LogP contribution in [0.15, 0.2) is 91.0 Å². The largest absolute Gasteiger partial charge is 0.333 e. The van der Waals surface area contributed by atoms with Crippen LogP contribution in [0.2, 0.25) is 0 Å². The number of carbonyl (C=O) groups is 1. The maximum Gasteiger partial charge on any atom is 0.240 e. The molecular weight excluding hydrogens is 495 g/mol. The molecule has 2 atom stereocenters. The molecule has 4 aromatic rings. The minimum absolute atomic E-state index is 0.00295. The van der Waals surface area contributed by atoms with Crippen molar-refractivity contribution in [1.29, 1.82) is 0 Å². The summed E-state index contributed by atoms with van der Waals surface area (Å²) in [6, 6.07) is 30.1. The topological polar surface area (TPSA) is 23.6 Å². The predicted molar refractivity (Wildman–Crippen MR) is 159 cm³/mol. The molecule has 0 saturated carbocycles. The highest BCUT2D eigenvalue weighted by molar-refractivity contribution is 5.82. The Morgan fingerprint density at radius 3 is 2.20 bits per heavy atom. The molecule has 4 heteroatoms. The normalized spacial score (nSPS) is 17.8. The zero-order valence-corrected chi connectivity index (χ0v) is 23.6. The van der Waals surface area contributed by atoms with E-state index in [0.717, 1.165) is 25.8 Å². The van der Waals surface area contributed by atoms with Crippen LogP contribution in [-0.4, -0.2) is 34.3 Å². The number of nitrogens with zero attached hydrogens (tertiary/aromatic N) is 2. The van der Waals surface area contributed by atoms with Crippen LogP contribution in [0.1, 0.15) is 57.5 Å². The number of fused-ring (bicyclic) bond motifs is 2. The third kappa shape index (κ3) is 4.86. The third-order valence-corrected chi connectivity index (χ3v) is 9.17. The summed E-state index contributed by atoms with van der Waals surface area (Å²) < 4.78 is 14.9.